The molecule has 0 aliphatic carbocycles. The summed E-state index contributed by atoms with van der Waals surface area (Å²) in [5.41, 5.74) is 0. The maximum absolute atomic E-state index is 5.55. The first-order valence-corrected chi connectivity index (χ1v) is 6.02. The van der Waals surface area contributed by atoms with Crippen LogP contribution in [0.4, 0.5) is 0 Å². The molecule has 1 aromatic carbocycles. The smallest absolute Gasteiger partial charge is 0.240 e. The first-order chi connectivity index (χ1) is 9.38. The number of nitrogens with zero attached hydrogens (tertiary/aromatic N) is 2. The number of rotatable bonds is 7. The second-order valence-corrected chi connectivity index (χ2v) is 3.82. The number of hydrogen-bond acceptors (Lipinski definition) is 5. The molecule has 0 atom stereocenters. The van der Waals surface area contributed by atoms with E-state index in [9.17, 15) is 0 Å². The van der Waals surface area contributed by atoms with E-state index >= 15 is 0 Å². The molecule has 19 heavy (non-hydrogen) atoms. The molecular weight excluding hydrogens is 242 g/mol. The van der Waals surface area contributed by atoms with Crippen LogP contribution in [0.5, 0.6) is 5.75 Å². The highest BCUT2D eigenvalue weighted by atomic mass is 16.5. The highest BCUT2D eigenvalue weighted by Crippen LogP contribution is 2.08. The molecule has 0 bridgehead atoms. The summed E-state index contributed by atoms with van der Waals surface area (Å²) in [6.07, 6.45) is 5.73. The molecule has 0 saturated heterocycles. The van der Waals surface area contributed by atoms with Crippen molar-refractivity contribution in [2.24, 2.45) is 0 Å². The van der Waals surface area contributed by atoms with Crippen LogP contribution in [0, 0.1) is 12.3 Å². The highest BCUT2D eigenvalue weighted by molar-refractivity contribution is 5.20. The summed E-state index contributed by atoms with van der Waals surface area (Å²) in [5.74, 6) is 4.48. The number of ether oxygens (including phenoxy) is 1. The third kappa shape index (κ3) is 4.45. The van der Waals surface area contributed by atoms with E-state index in [0.29, 0.717) is 37.8 Å². The molecule has 1 aromatic heterocycles. The molecule has 0 radical (unpaired) electrons. The number of benzene rings is 1. The lowest BCUT2D eigenvalue weighted by molar-refractivity contribution is 0.313. The van der Waals surface area contributed by atoms with Gasteiger partial charge in [0.25, 0.3) is 0 Å². The van der Waals surface area contributed by atoms with Crippen molar-refractivity contribution < 1.29 is 9.26 Å². The standard InChI is InChI=1S/C14H15N3O2/c1-2-9-15-11-14-16-13(17-19-14)8-10-18-12-6-4-3-5-7-12/h1,3-7,15H,8-11H2. The Balaban J connectivity index is 1.73. The summed E-state index contributed by atoms with van der Waals surface area (Å²) >= 11 is 0. The molecule has 0 fully saturated rings. The van der Waals surface area contributed by atoms with Gasteiger partial charge in [-0.1, -0.05) is 29.3 Å². The van der Waals surface area contributed by atoms with Gasteiger partial charge in [0.05, 0.1) is 19.7 Å². The van der Waals surface area contributed by atoms with Crippen LogP contribution in [0.1, 0.15) is 11.7 Å². The predicted molar refractivity (Wildman–Crippen MR) is 70.5 cm³/mol. The molecule has 98 valence electrons. The van der Waals surface area contributed by atoms with E-state index < -0.39 is 0 Å². The van der Waals surface area contributed by atoms with Crippen LogP contribution < -0.4 is 10.1 Å². The number of hydrogen-bond donors (Lipinski definition) is 1. The molecule has 2 aromatic rings. The van der Waals surface area contributed by atoms with Crippen LogP contribution in [-0.2, 0) is 13.0 Å². The van der Waals surface area contributed by atoms with Crippen LogP contribution in [0.2, 0.25) is 0 Å². The summed E-state index contributed by atoms with van der Waals surface area (Å²) in [5, 5.41) is 6.85. The fourth-order valence-corrected chi connectivity index (χ4v) is 1.48. The van der Waals surface area contributed by atoms with E-state index in [0.717, 1.165) is 5.75 Å². The van der Waals surface area contributed by atoms with Gasteiger partial charge in [0.1, 0.15) is 5.75 Å². The van der Waals surface area contributed by atoms with Crippen molar-refractivity contribution in [2.45, 2.75) is 13.0 Å². The predicted octanol–water partition coefficient (Wildman–Crippen LogP) is 1.41. The molecular formula is C14H15N3O2. The normalized spacial score (nSPS) is 10.1. The quantitative estimate of drug-likeness (QED) is 0.600. The molecule has 1 heterocycles. The van der Waals surface area contributed by atoms with Gasteiger partial charge in [0.2, 0.25) is 5.89 Å². The fourth-order valence-electron chi connectivity index (χ4n) is 1.48. The van der Waals surface area contributed by atoms with Gasteiger partial charge in [-0.15, -0.1) is 6.42 Å². The Morgan fingerprint density at radius 1 is 1.32 bits per heavy atom. The largest absolute Gasteiger partial charge is 0.493 e. The average molecular weight is 257 g/mol. The first-order valence-electron chi connectivity index (χ1n) is 6.02. The van der Waals surface area contributed by atoms with E-state index in [4.69, 9.17) is 15.7 Å². The zero-order valence-electron chi connectivity index (χ0n) is 10.5. The Hall–Kier alpha value is -2.32. The lowest BCUT2D eigenvalue weighted by atomic mass is 10.3. The highest BCUT2D eigenvalue weighted by Gasteiger charge is 2.05. The minimum absolute atomic E-state index is 0.481. The zero-order chi connectivity index (χ0) is 13.3. The molecule has 2 rings (SSSR count). The van der Waals surface area contributed by atoms with Gasteiger partial charge in [-0.05, 0) is 12.1 Å². The van der Waals surface area contributed by atoms with Crippen LogP contribution in [0.3, 0.4) is 0 Å². The van der Waals surface area contributed by atoms with E-state index in [-0.39, 0.29) is 0 Å². The zero-order valence-corrected chi connectivity index (χ0v) is 10.5. The monoisotopic (exact) mass is 257 g/mol. The molecule has 0 saturated carbocycles. The van der Waals surface area contributed by atoms with Crippen molar-refractivity contribution in [3.8, 4) is 18.1 Å². The average Bonchev–Trinajstić information content (AvgIpc) is 2.88. The van der Waals surface area contributed by atoms with Crippen molar-refractivity contribution >= 4 is 0 Å². The summed E-state index contributed by atoms with van der Waals surface area (Å²) in [6.45, 7) is 1.48. The Morgan fingerprint density at radius 2 is 2.16 bits per heavy atom. The maximum atomic E-state index is 5.55. The molecule has 5 heteroatoms. The van der Waals surface area contributed by atoms with Crippen molar-refractivity contribution in [2.75, 3.05) is 13.2 Å². The Bertz CT molecular complexity index is 531. The van der Waals surface area contributed by atoms with Gasteiger partial charge < -0.3 is 9.26 Å². The summed E-state index contributed by atoms with van der Waals surface area (Å²) in [4.78, 5) is 4.22. The van der Waals surface area contributed by atoms with E-state index in [1.807, 2.05) is 30.3 Å². The summed E-state index contributed by atoms with van der Waals surface area (Å²) in [6, 6.07) is 9.62. The number of terminal acetylenes is 1. The molecule has 0 spiro atoms. The number of aromatic nitrogens is 2. The van der Waals surface area contributed by atoms with Gasteiger partial charge >= 0.3 is 0 Å². The lowest BCUT2D eigenvalue weighted by Gasteiger charge is -2.02. The Labute approximate surface area is 112 Å². The number of nitrogens with one attached hydrogen (secondary N) is 1. The third-order valence-electron chi connectivity index (χ3n) is 2.35. The molecule has 0 aliphatic rings. The minimum atomic E-state index is 0.481. The second kappa shape index (κ2) is 7.19. The molecule has 5 nitrogen and oxygen atoms in total. The van der Waals surface area contributed by atoms with Gasteiger partial charge in [0.15, 0.2) is 5.82 Å². The van der Waals surface area contributed by atoms with Crippen LogP contribution in [-0.4, -0.2) is 23.3 Å². The molecule has 0 aliphatic heterocycles. The van der Waals surface area contributed by atoms with Crippen molar-refractivity contribution in [1.82, 2.24) is 15.5 Å². The van der Waals surface area contributed by atoms with Crippen molar-refractivity contribution in [1.29, 1.82) is 0 Å². The van der Waals surface area contributed by atoms with Crippen molar-refractivity contribution in [3.05, 3.63) is 42.0 Å². The van der Waals surface area contributed by atoms with E-state index in [2.05, 4.69) is 21.4 Å². The third-order valence-corrected chi connectivity index (χ3v) is 2.35. The lowest BCUT2D eigenvalue weighted by Crippen LogP contribution is -2.13. The Morgan fingerprint density at radius 3 is 2.95 bits per heavy atom. The molecule has 1 N–H and O–H groups in total. The fraction of sp³-hybridized carbons (Fsp3) is 0.286. The summed E-state index contributed by atoms with van der Waals surface area (Å²) < 4.78 is 10.6. The molecule has 0 unspecified atom stereocenters. The molecule has 0 amide bonds. The minimum Gasteiger partial charge on any atom is -0.493 e. The van der Waals surface area contributed by atoms with Gasteiger partial charge in [-0.2, -0.15) is 4.98 Å². The topological polar surface area (TPSA) is 60.2 Å². The van der Waals surface area contributed by atoms with E-state index in [1.165, 1.54) is 0 Å². The first kappa shape index (κ1) is 13.1. The maximum Gasteiger partial charge on any atom is 0.240 e. The van der Waals surface area contributed by atoms with Gasteiger partial charge in [0, 0.05) is 6.42 Å². The number of para-hydroxylation sites is 1. The second-order valence-electron chi connectivity index (χ2n) is 3.82. The van der Waals surface area contributed by atoms with Gasteiger partial charge in [-0.25, -0.2) is 0 Å². The van der Waals surface area contributed by atoms with Crippen LogP contribution in [0.25, 0.3) is 0 Å². The van der Waals surface area contributed by atoms with E-state index in [1.54, 1.807) is 0 Å². The van der Waals surface area contributed by atoms with Crippen LogP contribution in [0.15, 0.2) is 34.9 Å². The summed E-state index contributed by atoms with van der Waals surface area (Å²) in [7, 11) is 0. The van der Waals surface area contributed by atoms with Crippen LogP contribution >= 0.6 is 0 Å². The SMILES string of the molecule is C#CCNCc1nc(CCOc2ccccc2)no1. The Kier molecular flexibility index (Phi) is 4.96. The van der Waals surface area contributed by atoms with Gasteiger partial charge in [-0.3, -0.25) is 5.32 Å². The van der Waals surface area contributed by atoms with Crippen molar-refractivity contribution in [3.63, 3.8) is 0 Å².